The van der Waals surface area contributed by atoms with E-state index in [9.17, 15) is 14.9 Å². The maximum atomic E-state index is 11.0. The van der Waals surface area contributed by atoms with Crippen LogP contribution in [0.4, 0.5) is 5.69 Å². The minimum absolute atomic E-state index is 0.00326. The smallest absolute Gasteiger partial charge is 0.272 e. The Bertz CT molecular complexity index is 549. The van der Waals surface area contributed by atoms with E-state index in [2.05, 4.69) is 6.07 Å². The fourth-order valence-electron chi connectivity index (χ4n) is 2.07. The van der Waals surface area contributed by atoms with Crippen LogP contribution in [0.3, 0.4) is 0 Å². The summed E-state index contributed by atoms with van der Waals surface area (Å²) in [5.74, 6) is 0.0229. The highest BCUT2D eigenvalue weighted by atomic mass is 16.6. The molecular weight excluding hydrogens is 220 g/mol. The van der Waals surface area contributed by atoms with Crippen molar-refractivity contribution in [3.05, 3.63) is 39.4 Å². The Hall–Kier alpha value is -2.22. The first kappa shape index (κ1) is 11.3. The number of ketones is 1. The third-order valence-corrected chi connectivity index (χ3v) is 3.17. The number of hydrogen-bond donors (Lipinski definition) is 0. The van der Waals surface area contributed by atoms with E-state index in [0.717, 1.165) is 0 Å². The lowest BCUT2D eigenvalue weighted by molar-refractivity contribution is -0.385. The van der Waals surface area contributed by atoms with Crippen molar-refractivity contribution in [2.75, 3.05) is 0 Å². The van der Waals surface area contributed by atoms with Crippen LogP contribution in [-0.2, 0) is 10.2 Å². The van der Waals surface area contributed by atoms with E-state index in [4.69, 9.17) is 5.26 Å². The number of hydrogen-bond acceptors (Lipinski definition) is 4. The van der Waals surface area contributed by atoms with Crippen LogP contribution in [-0.4, -0.2) is 10.7 Å². The van der Waals surface area contributed by atoms with Gasteiger partial charge in [-0.1, -0.05) is 12.1 Å². The van der Waals surface area contributed by atoms with Crippen LogP contribution in [0.15, 0.2) is 18.2 Å². The number of nitro groups is 1. The van der Waals surface area contributed by atoms with Gasteiger partial charge in [-0.2, -0.15) is 5.26 Å². The Balaban J connectivity index is 2.47. The van der Waals surface area contributed by atoms with E-state index in [1.165, 1.54) is 6.07 Å². The van der Waals surface area contributed by atoms with Crippen LogP contribution in [0.1, 0.15) is 24.0 Å². The molecule has 0 aromatic heterocycles. The monoisotopic (exact) mass is 230 g/mol. The Morgan fingerprint density at radius 1 is 1.47 bits per heavy atom. The second-order valence-corrected chi connectivity index (χ2v) is 4.34. The van der Waals surface area contributed by atoms with Crippen LogP contribution >= 0.6 is 0 Å². The van der Waals surface area contributed by atoms with Crippen LogP contribution < -0.4 is 0 Å². The van der Waals surface area contributed by atoms with Gasteiger partial charge < -0.3 is 0 Å². The van der Waals surface area contributed by atoms with Crippen LogP contribution in [0.5, 0.6) is 0 Å². The number of rotatable bonds is 2. The highest BCUT2D eigenvalue weighted by Crippen LogP contribution is 2.42. The number of aryl methyl sites for hydroxylation is 1. The number of nitrogens with zero attached hydrogens (tertiary/aromatic N) is 2. The number of nitriles is 1. The van der Waals surface area contributed by atoms with Gasteiger partial charge in [0, 0.05) is 24.5 Å². The molecule has 0 unspecified atom stereocenters. The molecule has 0 heterocycles. The molecule has 0 radical (unpaired) electrons. The highest BCUT2D eigenvalue weighted by molar-refractivity contribution is 5.90. The van der Waals surface area contributed by atoms with Gasteiger partial charge in [-0.3, -0.25) is 14.9 Å². The first-order valence-electron chi connectivity index (χ1n) is 5.17. The number of carbonyl (C=O) groups is 1. The van der Waals surface area contributed by atoms with Gasteiger partial charge >= 0.3 is 0 Å². The van der Waals surface area contributed by atoms with Crippen LogP contribution in [0, 0.1) is 28.4 Å². The maximum Gasteiger partial charge on any atom is 0.272 e. The summed E-state index contributed by atoms with van der Waals surface area (Å²) in [5.41, 5.74) is 0.265. The van der Waals surface area contributed by atoms with Gasteiger partial charge in [0.1, 0.15) is 5.78 Å². The van der Waals surface area contributed by atoms with E-state index < -0.39 is 10.3 Å². The van der Waals surface area contributed by atoms with E-state index in [0.29, 0.717) is 11.1 Å². The molecule has 2 rings (SSSR count). The van der Waals surface area contributed by atoms with E-state index >= 15 is 0 Å². The molecule has 5 heteroatoms. The van der Waals surface area contributed by atoms with Crippen LogP contribution in [0.2, 0.25) is 0 Å². The molecule has 1 aliphatic carbocycles. The van der Waals surface area contributed by atoms with Crippen molar-refractivity contribution in [2.45, 2.75) is 25.2 Å². The third-order valence-electron chi connectivity index (χ3n) is 3.17. The van der Waals surface area contributed by atoms with Crippen molar-refractivity contribution in [3.8, 4) is 6.07 Å². The Kier molecular flexibility index (Phi) is 2.43. The Labute approximate surface area is 97.8 Å². The predicted octanol–water partition coefficient (Wildman–Crippen LogP) is 2.03. The standard InChI is InChI=1S/C12H10N2O3/c1-8-2-3-9(4-11(8)14(16)17)12(7-13)5-10(15)6-12/h2-4H,5-6H2,1H3. The summed E-state index contributed by atoms with van der Waals surface area (Å²) in [6.45, 7) is 1.65. The summed E-state index contributed by atoms with van der Waals surface area (Å²) in [4.78, 5) is 21.4. The Morgan fingerprint density at radius 2 is 2.12 bits per heavy atom. The molecule has 0 aliphatic heterocycles. The normalized spacial score (nSPS) is 17.1. The molecule has 0 N–H and O–H groups in total. The molecule has 0 spiro atoms. The first-order chi connectivity index (χ1) is 7.98. The summed E-state index contributed by atoms with van der Waals surface area (Å²) in [6.07, 6.45) is 0.313. The number of nitro benzene ring substituents is 1. The molecule has 1 aliphatic rings. The zero-order chi connectivity index (χ0) is 12.6. The number of Topliss-reactive ketones (excluding diaryl/α,β-unsaturated/α-hetero) is 1. The predicted molar refractivity (Wildman–Crippen MR) is 59.4 cm³/mol. The zero-order valence-electron chi connectivity index (χ0n) is 9.27. The summed E-state index contributed by atoms with van der Waals surface area (Å²) in [6, 6.07) is 6.82. The van der Waals surface area contributed by atoms with Gasteiger partial charge in [-0.15, -0.1) is 0 Å². The molecule has 5 nitrogen and oxygen atoms in total. The van der Waals surface area contributed by atoms with Gasteiger partial charge in [0.25, 0.3) is 5.69 Å². The molecule has 1 fully saturated rings. The van der Waals surface area contributed by atoms with E-state index in [-0.39, 0.29) is 24.3 Å². The van der Waals surface area contributed by atoms with Crippen molar-refractivity contribution in [3.63, 3.8) is 0 Å². The summed E-state index contributed by atoms with van der Waals surface area (Å²) in [5, 5.41) is 20.0. The second-order valence-electron chi connectivity index (χ2n) is 4.34. The average Bonchev–Trinajstić information content (AvgIpc) is 2.25. The lowest BCUT2D eigenvalue weighted by atomic mass is 9.64. The molecule has 0 saturated heterocycles. The van der Waals surface area contributed by atoms with Gasteiger partial charge in [0.15, 0.2) is 0 Å². The molecule has 1 aromatic carbocycles. The van der Waals surface area contributed by atoms with Crippen LogP contribution in [0.25, 0.3) is 0 Å². The van der Waals surface area contributed by atoms with Gasteiger partial charge in [0.2, 0.25) is 0 Å². The largest absolute Gasteiger partial charge is 0.300 e. The Morgan fingerprint density at radius 3 is 2.59 bits per heavy atom. The van der Waals surface area contributed by atoms with Gasteiger partial charge in [-0.05, 0) is 12.5 Å². The summed E-state index contributed by atoms with van der Waals surface area (Å²) >= 11 is 0. The maximum absolute atomic E-state index is 11.0. The highest BCUT2D eigenvalue weighted by Gasteiger charge is 2.46. The molecule has 86 valence electrons. The van der Waals surface area contributed by atoms with Crippen molar-refractivity contribution in [1.82, 2.24) is 0 Å². The molecule has 0 bridgehead atoms. The zero-order valence-corrected chi connectivity index (χ0v) is 9.27. The molecular formula is C12H10N2O3. The third kappa shape index (κ3) is 1.68. The lowest BCUT2D eigenvalue weighted by Gasteiger charge is -2.33. The molecule has 17 heavy (non-hydrogen) atoms. The minimum Gasteiger partial charge on any atom is -0.300 e. The lowest BCUT2D eigenvalue weighted by Crippen LogP contribution is -2.40. The van der Waals surface area contributed by atoms with Crippen molar-refractivity contribution >= 4 is 11.5 Å². The van der Waals surface area contributed by atoms with Crippen molar-refractivity contribution in [1.29, 1.82) is 5.26 Å². The topological polar surface area (TPSA) is 84.0 Å². The van der Waals surface area contributed by atoms with Gasteiger partial charge in [0.05, 0.1) is 16.4 Å². The molecule has 1 aromatic rings. The molecule has 1 saturated carbocycles. The van der Waals surface area contributed by atoms with E-state index in [1.807, 2.05) is 0 Å². The summed E-state index contributed by atoms with van der Waals surface area (Å²) < 4.78 is 0. The number of carbonyl (C=O) groups excluding carboxylic acids is 1. The minimum atomic E-state index is -0.852. The van der Waals surface area contributed by atoms with Crippen molar-refractivity contribution in [2.24, 2.45) is 0 Å². The average molecular weight is 230 g/mol. The fraction of sp³-hybridized carbons (Fsp3) is 0.333. The summed E-state index contributed by atoms with van der Waals surface area (Å²) in [7, 11) is 0. The second kappa shape index (κ2) is 3.67. The molecule has 0 amide bonds. The quantitative estimate of drug-likeness (QED) is 0.574. The fourth-order valence-corrected chi connectivity index (χ4v) is 2.07. The SMILES string of the molecule is Cc1ccc(C2(C#N)CC(=O)C2)cc1[N+](=O)[O-]. The van der Waals surface area contributed by atoms with Gasteiger partial charge in [-0.25, -0.2) is 0 Å². The van der Waals surface area contributed by atoms with E-state index in [1.54, 1.807) is 19.1 Å². The van der Waals surface area contributed by atoms with Crippen molar-refractivity contribution < 1.29 is 9.72 Å². The molecule has 0 atom stereocenters. The number of benzene rings is 1. The first-order valence-corrected chi connectivity index (χ1v) is 5.17.